The molecule has 2 N–H and O–H groups in total. The van der Waals surface area contributed by atoms with E-state index in [1.54, 1.807) is 6.92 Å². The van der Waals surface area contributed by atoms with Crippen LogP contribution in [-0.4, -0.2) is 21.3 Å². The van der Waals surface area contributed by atoms with Gasteiger partial charge in [-0.15, -0.1) is 0 Å². The molecule has 0 aliphatic heterocycles. The van der Waals surface area contributed by atoms with Crippen LogP contribution in [0.15, 0.2) is 6.07 Å². The van der Waals surface area contributed by atoms with Gasteiger partial charge >= 0.3 is 5.97 Å². The van der Waals surface area contributed by atoms with Crippen molar-refractivity contribution in [3.05, 3.63) is 39.6 Å². The summed E-state index contributed by atoms with van der Waals surface area (Å²) < 4.78 is 0. The molecule has 0 fully saturated rings. The average Bonchev–Trinajstić information content (AvgIpc) is 2.69. The van der Waals surface area contributed by atoms with Gasteiger partial charge in [0.05, 0.1) is 0 Å². The number of rotatable bonds is 2. The molecule has 4 nitrogen and oxygen atoms in total. The average molecular weight is 258 g/mol. The third-order valence-electron chi connectivity index (χ3n) is 3.76. The Balaban J connectivity index is 2.83. The Kier molecular flexibility index (Phi) is 3.18. The van der Waals surface area contributed by atoms with Crippen molar-refractivity contribution < 1.29 is 9.90 Å². The molecule has 0 amide bonds. The van der Waals surface area contributed by atoms with Crippen molar-refractivity contribution in [1.29, 1.82) is 0 Å². The van der Waals surface area contributed by atoms with Crippen molar-refractivity contribution in [3.8, 4) is 11.3 Å². The highest BCUT2D eigenvalue weighted by Gasteiger charge is 2.22. The van der Waals surface area contributed by atoms with E-state index in [0.29, 0.717) is 11.4 Å². The summed E-state index contributed by atoms with van der Waals surface area (Å²) >= 11 is 0. The van der Waals surface area contributed by atoms with Crippen LogP contribution < -0.4 is 0 Å². The number of carboxylic acids is 1. The summed E-state index contributed by atoms with van der Waals surface area (Å²) in [6, 6.07) is 2.12. The molecule has 0 aliphatic carbocycles. The lowest BCUT2D eigenvalue weighted by Gasteiger charge is -2.14. The second kappa shape index (κ2) is 4.53. The lowest BCUT2D eigenvalue weighted by Crippen LogP contribution is -2.03. The first-order valence-electron chi connectivity index (χ1n) is 6.20. The zero-order valence-electron chi connectivity index (χ0n) is 11.9. The molecule has 0 unspecified atom stereocenters. The molecular weight excluding hydrogens is 240 g/mol. The summed E-state index contributed by atoms with van der Waals surface area (Å²) in [6.45, 7) is 9.81. The van der Waals surface area contributed by atoms with Gasteiger partial charge in [-0.2, -0.15) is 5.10 Å². The van der Waals surface area contributed by atoms with E-state index in [4.69, 9.17) is 0 Å². The van der Waals surface area contributed by atoms with Gasteiger partial charge < -0.3 is 5.11 Å². The fraction of sp³-hybridized carbons (Fsp3) is 0.333. The van der Waals surface area contributed by atoms with E-state index in [1.807, 2.05) is 27.7 Å². The second-order valence-electron chi connectivity index (χ2n) is 5.01. The molecule has 1 aromatic heterocycles. The molecule has 0 atom stereocenters. The smallest absolute Gasteiger partial charge is 0.339 e. The molecule has 100 valence electrons. The van der Waals surface area contributed by atoms with Gasteiger partial charge in [-0.05, 0) is 56.9 Å². The molecule has 2 aromatic rings. The maximum Gasteiger partial charge on any atom is 0.339 e. The number of hydrogen-bond donors (Lipinski definition) is 2. The molecule has 19 heavy (non-hydrogen) atoms. The highest BCUT2D eigenvalue weighted by atomic mass is 16.4. The Hall–Kier alpha value is -2.10. The van der Waals surface area contributed by atoms with E-state index in [2.05, 4.69) is 16.3 Å². The topological polar surface area (TPSA) is 66.0 Å². The number of aromatic amines is 1. The zero-order chi connectivity index (χ0) is 14.3. The number of aromatic nitrogens is 2. The van der Waals surface area contributed by atoms with Gasteiger partial charge in [0.25, 0.3) is 0 Å². The maximum absolute atomic E-state index is 11.4. The third kappa shape index (κ3) is 2.03. The highest BCUT2D eigenvalue weighted by molar-refractivity contribution is 5.97. The summed E-state index contributed by atoms with van der Waals surface area (Å²) in [5, 5.41) is 16.3. The fourth-order valence-electron chi connectivity index (χ4n) is 2.44. The number of H-pyrrole nitrogens is 1. The van der Waals surface area contributed by atoms with Crippen molar-refractivity contribution in [2.45, 2.75) is 34.6 Å². The number of aryl methyl sites for hydroxylation is 3. The van der Waals surface area contributed by atoms with Crippen LogP contribution >= 0.6 is 0 Å². The van der Waals surface area contributed by atoms with Crippen LogP contribution in [0.5, 0.6) is 0 Å². The number of hydrogen-bond acceptors (Lipinski definition) is 2. The van der Waals surface area contributed by atoms with Crippen molar-refractivity contribution in [1.82, 2.24) is 10.2 Å². The van der Waals surface area contributed by atoms with Gasteiger partial charge in [-0.1, -0.05) is 6.07 Å². The molecule has 0 spiro atoms. The molecule has 0 bridgehead atoms. The summed E-state index contributed by atoms with van der Waals surface area (Å²) in [5.74, 6) is -0.945. The van der Waals surface area contributed by atoms with E-state index in [-0.39, 0.29) is 5.56 Å². The van der Waals surface area contributed by atoms with Crippen LogP contribution in [-0.2, 0) is 0 Å². The first-order valence-corrected chi connectivity index (χ1v) is 6.20. The van der Waals surface area contributed by atoms with Crippen molar-refractivity contribution in [3.63, 3.8) is 0 Å². The standard InChI is InChI=1S/C15H18N2O2/c1-7-6-8(2)10(4)12(9(7)3)14-13(15(18)19)11(5)16-17-14/h6H,1-5H3,(H,16,17)(H,18,19). The summed E-state index contributed by atoms with van der Waals surface area (Å²) in [4.78, 5) is 11.4. The van der Waals surface area contributed by atoms with Gasteiger partial charge in [0.2, 0.25) is 0 Å². The lowest BCUT2D eigenvalue weighted by molar-refractivity contribution is 0.0697. The number of carbonyl (C=O) groups is 1. The molecule has 0 aliphatic rings. The van der Waals surface area contributed by atoms with Crippen molar-refractivity contribution in [2.24, 2.45) is 0 Å². The number of carboxylic acid groups (broad SMARTS) is 1. The molecule has 4 heteroatoms. The Labute approximate surface area is 112 Å². The predicted molar refractivity (Wildman–Crippen MR) is 74.7 cm³/mol. The minimum atomic E-state index is -0.945. The Morgan fingerprint density at radius 2 is 1.63 bits per heavy atom. The first-order chi connectivity index (χ1) is 8.84. The van der Waals surface area contributed by atoms with Crippen molar-refractivity contribution >= 4 is 5.97 Å². The van der Waals surface area contributed by atoms with Crippen LogP contribution in [0.3, 0.4) is 0 Å². The van der Waals surface area contributed by atoms with E-state index >= 15 is 0 Å². The molecule has 2 rings (SSSR count). The zero-order valence-corrected chi connectivity index (χ0v) is 11.9. The summed E-state index contributed by atoms with van der Waals surface area (Å²) in [7, 11) is 0. The Morgan fingerprint density at radius 1 is 1.11 bits per heavy atom. The molecule has 0 radical (unpaired) electrons. The lowest BCUT2D eigenvalue weighted by atomic mass is 9.90. The SMILES string of the molecule is Cc1cc(C)c(C)c(-c2n[nH]c(C)c2C(=O)O)c1C. The predicted octanol–water partition coefficient (Wildman–Crippen LogP) is 3.32. The monoisotopic (exact) mass is 258 g/mol. The molecule has 0 saturated carbocycles. The van der Waals surface area contributed by atoms with Crippen molar-refractivity contribution in [2.75, 3.05) is 0 Å². The maximum atomic E-state index is 11.4. The largest absolute Gasteiger partial charge is 0.478 e. The van der Waals surface area contributed by atoms with Gasteiger partial charge in [0.15, 0.2) is 0 Å². The number of aromatic carboxylic acids is 1. The van der Waals surface area contributed by atoms with E-state index < -0.39 is 5.97 Å². The molecule has 0 saturated heterocycles. The van der Waals surface area contributed by atoms with Crippen LogP contribution in [0, 0.1) is 34.6 Å². The molecular formula is C15H18N2O2. The molecule has 1 aromatic carbocycles. The van der Waals surface area contributed by atoms with Crippen LogP contribution in [0.1, 0.15) is 38.3 Å². The van der Waals surface area contributed by atoms with Gasteiger partial charge in [0.1, 0.15) is 11.3 Å². The summed E-state index contributed by atoms with van der Waals surface area (Å²) in [5.41, 5.74) is 6.77. The molecule has 1 heterocycles. The summed E-state index contributed by atoms with van der Waals surface area (Å²) in [6.07, 6.45) is 0. The minimum absolute atomic E-state index is 0.260. The minimum Gasteiger partial charge on any atom is -0.478 e. The normalized spacial score (nSPS) is 10.8. The first kappa shape index (κ1) is 13.3. The fourth-order valence-corrected chi connectivity index (χ4v) is 2.44. The Morgan fingerprint density at radius 3 is 2.11 bits per heavy atom. The number of benzene rings is 1. The van der Waals surface area contributed by atoms with E-state index in [1.165, 1.54) is 0 Å². The highest BCUT2D eigenvalue weighted by Crippen LogP contribution is 2.33. The van der Waals surface area contributed by atoms with Crippen LogP contribution in [0.2, 0.25) is 0 Å². The number of nitrogens with one attached hydrogen (secondary N) is 1. The number of nitrogens with zero attached hydrogens (tertiary/aromatic N) is 1. The second-order valence-corrected chi connectivity index (χ2v) is 5.01. The quantitative estimate of drug-likeness (QED) is 0.868. The van der Waals surface area contributed by atoms with Crippen LogP contribution in [0.25, 0.3) is 11.3 Å². The van der Waals surface area contributed by atoms with Gasteiger partial charge in [-0.25, -0.2) is 4.79 Å². The van der Waals surface area contributed by atoms with Gasteiger partial charge in [-0.3, -0.25) is 5.10 Å². The van der Waals surface area contributed by atoms with E-state index in [0.717, 1.165) is 27.8 Å². The third-order valence-corrected chi connectivity index (χ3v) is 3.76. The van der Waals surface area contributed by atoms with Crippen LogP contribution in [0.4, 0.5) is 0 Å². The van der Waals surface area contributed by atoms with Gasteiger partial charge in [0, 0.05) is 11.3 Å². The Bertz CT molecular complexity index is 643. The van der Waals surface area contributed by atoms with E-state index in [9.17, 15) is 9.90 Å².